The number of nitrogens with two attached hydrogens (primary N) is 2. The van der Waals surface area contributed by atoms with Gasteiger partial charge in [-0.05, 0) is 47.0 Å². The van der Waals surface area contributed by atoms with E-state index < -0.39 is 0 Å². The van der Waals surface area contributed by atoms with E-state index in [1.165, 1.54) is 0 Å². The summed E-state index contributed by atoms with van der Waals surface area (Å²) in [4.78, 5) is 0. The summed E-state index contributed by atoms with van der Waals surface area (Å²) in [6, 6.07) is 0. The van der Waals surface area contributed by atoms with Crippen molar-refractivity contribution in [3.05, 3.63) is 0 Å². The highest BCUT2D eigenvalue weighted by atomic mass is 16.5. The lowest BCUT2D eigenvalue weighted by Crippen LogP contribution is -2.43. The van der Waals surface area contributed by atoms with Crippen LogP contribution in [-0.2, 0) is 9.47 Å². The van der Waals surface area contributed by atoms with E-state index in [0.717, 1.165) is 39.0 Å². The Labute approximate surface area is 124 Å². The van der Waals surface area contributed by atoms with Gasteiger partial charge in [0.15, 0.2) is 0 Å². The maximum atomic E-state index is 5.91. The van der Waals surface area contributed by atoms with Gasteiger partial charge in [-0.2, -0.15) is 0 Å². The number of nitrogens with one attached hydrogen (secondary N) is 1. The second kappa shape index (κ2) is 10.5. The average Bonchev–Trinajstić information content (AvgIpc) is 2.27. The fraction of sp³-hybridized carbons (Fsp3) is 1.00. The van der Waals surface area contributed by atoms with Gasteiger partial charge >= 0.3 is 0 Å². The second-order valence-corrected chi connectivity index (χ2v) is 6.84. The molecule has 5 nitrogen and oxygen atoms in total. The first-order chi connectivity index (χ1) is 9.21. The van der Waals surface area contributed by atoms with Crippen molar-refractivity contribution < 1.29 is 9.47 Å². The standard InChI is InChI=1S/C15H35N3O2/c1-14(2,16)7-5-6-9-19-11-12-20-10-8-18-13-15(3,4)17/h18H,5-13,16-17H2,1-4H3. The van der Waals surface area contributed by atoms with Gasteiger partial charge in [0.1, 0.15) is 0 Å². The Balaban J connectivity index is 3.10. The van der Waals surface area contributed by atoms with Crippen LogP contribution in [0.2, 0.25) is 0 Å². The van der Waals surface area contributed by atoms with Crippen LogP contribution >= 0.6 is 0 Å². The van der Waals surface area contributed by atoms with E-state index >= 15 is 0 Å². The highest BCUT2D eigenvalue weighted by molar-refractivity contribution is 4.74. The second-order valence-electron chi connectivity index (χ2n) is 6.84. The Morgan fingerprint density at radius 2 is 1.40 bits per heavy atom. The van der Waals surface area contributed by atoms with E-state index in [0.29, 0.717) is 19.8 Å². The predicted molar refractivity (Wildman–Crippen MR) is 84.9 cm³/mol. The van der Waals surface area contributed by atoms with E-state index in [1.807, 2.05) is 13.8 Å². The molecule has 0 amide bonds. The molecule has 0 aliphatic carbocycles. The smallest absolute Gasteiger partial charge is 0.0701 e. The summed E-state index contributed by atoms with van der Waals surface area (Å²) in [5.41, 5.74) is 11.5. The maximum absolute atomic E-state index is 5.91. The van der Waals surface area contributed by atoms with Crippen LogP contribution in [0.5, 0.6) is 0 Å². The number of hydrogen-bond donors (Lipinski definition) is 3. The predicted octanol–water partition coefficient (Wildman–Crippen LogP) is 1.25. The maximum Gasteiger partial charge on any atom is 0.0701 e. The van der Waals surface area contributed by atoms with Crippen LogP contribution in [0.3, 0.4) is 0 Å². The Morgan fingerprint density at radius 3 is 1.95 bits per heavy atom. The molecule has 0 rings (SSSR count). The van der Waals surface area contributed by atoms with Crippen LogP contribution in [0.1, 0.15) is 47.0 Å². The molecule has 5 heteroatoms. The Morgan fingerprint density at radius 1 is 0.800 bits per heavy atom. The third kappa shape index (κ3) is 17.8. The summed E-state index contributed by atoms with van der Waals surface area (Å²) >= 11 is 0. The molecule has 0 unspecified atom stereocenters. The molecule has 20 heavy (non-hydrogen) atoms. The zero-order valence-corrected chi connectivity index (χ0v) is 13.8. The van der Waals surface area contributed by atoms with Crippen LogP contribution in [0, 0.1) is 0 Å². The molecule has 0 saturated carbocycles. The summed E-state index contributed by atoms with van der Waals surface area (Å²) in [6.07, 6.45) is 3.22. The number of unbranched alkanes of at least 4 members (excludes halogenated alkanes) is 1. The third-order valence-corrected chi connectivity index (χ3v) is 2.74. The van der Waals surface area contributed by atoms with Gasteiger partial charge in [-0.15, -0.1) is 0 Å². The summed E-state index contributed by atoms with van der Waals surface area (Å²) in [7, 11) is 0. The number of ether oxygens (including phenoxy) is 2. The lowest BCUT2D eigenvalue weighted by atomic mass is 9.99. The number of rotatable bonds is 13. The van der Waals surface area contributed by atoms with Gasteiger partial charge < -0.3 is 26.3 Å². The van der Waals surface area contributed by atoms with Gasteiger partial charge in [-0.25, -0.2) is 0 Å². The van der Waals surface area contributed by atoms with Crippen molar-refractivity contribution in [2.75, 3.05) is 39.5 Å². The van der Waals surface area contributed by atoms with Gasteiger partial charge in [0.2, 0.25) is 0 Å². The molecule has 0 spiro atoms. The van der Waals surface area contributed by atoms with Crippen molar-refractivity contribution in [3.8, 4) is 0 Å². The molecule has 0 bridgehead atoms. The fourth-order valence-corrected chi connectivity index (χ4v) is 1.66. The summed E-state index contributed by atoms with van der Waals surface area (Å²) < 4.78 is 11.0. The number of hydrogen-bond acceptors (Lipinski definition) is 5. The molecule has 0 saturated heterocycles. The van der Waals surface area contributed by atoms with Crippen LogP contribution in [0.25, 0.3) is 0 Å². The quantitative estimate of drug-likeness (QED) is 0.445. The minimum absolute atomic E-state index is 0.0613. The van der Waals surface area contributed by atoms with Crippen LogP contribution < -0.4 is 16.8 Å². The molecule has 0 radical (unpaired) electrons. The van der Waals surface area contributed by atoms with E-state index in [2.05, 4.69) is 19.2 Å². The highest BCUT2D eigenvalue weighted by Gasteiger charge is 2.09. The van der Waals surface area contributed by atoms with Crippen LogP contribution in [0.4, 0.5) is 0 Å². The highest BCUT2D eigenvalue weighted by Crippen LogP contribution is 2.08. The third-order valence-electron chi connectivity index (χ3n) is 2.74. The molecule has 0 aromatic rings. The summed E-state index contributed by atoms with van der Waals surface area (Å²) in [5.74, 6) is 0. The van der Waals surface area contributed by atoms with Crippen molar-refractivity contribution in [2.45, 2.75) is 58.0 Å². The molecule has 122 valence electrons. The minimum Gasteiger partial charge on any atom is -0.379 e. The zero-order valence-electron chi connectivity index (χ0n) is 13.8. The molecular formula is C15H35N3O2. The zero-order chi connectivity index (χ0) is 15.5. The van der Waals surface area contributed by atoms with Crippen LogP contribution in [0.15, 0.2) is 0 Å². The topological polar surface area (TPSA) is 82.5 Å². The molecule has 5 N–H and O–H groups in total. The largest absolute Gasteiger partial charge is 0.379 e. The molecule has 0 aromatic carbocycles. The summed E-state index contributed by atoms with van der Waals surface area (Å²) in [6.45, 7) is 12.5. The first kappa shape index (κ1) is 19.8. The first-order valence-corrected chi connectivity index (χ1v) is 7.65. The average molecular weight is 289 g/mol. The first-order valence-electron chi connectivity index (χ1n) is 7.65. The van der Waals surface area contributed by atoms with E-state index in [-0.39, 0.29) is 11.1 Å². The molecule has 0 atom stereocenters. The van der Waals surface area contributed by atoms with Gasteiger partial charge in [0.25, 0.3) is 0 Å². The molecule has 0 fully saturated rings. The van der Waals surface area contributed by atoms with Crippen molar-refractivity contribution in [2.24, 2.45) is 11.5 Å². The van der Waals surface area contributed by atoms with Gasteiger partial charge in [-0.1, -0.05) is 0 Å². The minimum atomic E-state index is -0.165. The van der Waals surface area contributed by atoms with E-state index in [4.69, 9.17) is 20.9 Å². The van der Waals surface area contributed by atoms with Crippen molar-refractivity contribution in [1.29, 1.82) is 0 Å². The lowest BCUT2D eigenvalue weighted by molar-refractivity contribution is 0.0469. The molecule has 0 aliphatic rings. The Kier molecular flexibility index (Phi) is 10.4. The van der Waals surface area contributed by atoms with Gasteiger partial charge in [0, 0.05) is 30.8 Å². The summed E-state index contributed by atoms with van der Waals surface area (Å²) in [5, 5.41) is 3.26. The lowest BCUT2D eigenvalue weighted by Gasteiger charge is -2.18. The Hall–Kier alpha value is -0.200. The Bertz CT molecular complexity index is 198. The van der Waals surface area contributed by atoms with Crippen molar-refractivity contribution in [1.82, 2.24) is 5.32 Å². The molecule has 0 aliphatic heterocycles. The normalized spacial score (nSPS) is 12.9. The molecule has 0 heterocycles. The fourth-order valence-electron chi connectivity index (χ4n) is 1.66. The van der Waals surface area contributed by atoms with Crippen LogP contribution in [-0.4, -0.2) is 50.6 Å². The van der Waals surface area contributed by atoms with E-state index in [9.17, 15) is 0 Å². The monoisotopic (exact) mass is 289 g/mol. The van der Waals surface area contributed by atoms with Crippen molar-refractivity contribution >= 4 is 0 Å². The SMILES string of the molecule is CC(C)(N)CCCCOCCOCCNCC(C)(C)N. The molecule has 0 aromatic heterocycles. The molecular weight excluding hydrogens is 254 g/mol. The van der Waals surface area contributed by atoms with Crippen molar-refractivity contribution in [3.63, 3.8) is 0 Å². The van der Waals surface area contributed by atoms with E-state index in [1.54, 1.807) is 0 Å². The van der Waals surface area contributed by atoms with Gasteiger partial charge in [-0.3, -0.25) is 0 Å². The van der Waals surface area contributed by atoms with Gasteiger partial charge in [0.05, 0.1) is 19.8 Å².